The van der Waals surface area contributed by atoms with Gasteiger partial charge in [0.25, 0.3) is 5.91 Å². The van der Waals surface area contributed by atoms with Crippen LogP contribution in [0.5, 0.6) is 0 Å². The lowest BCUT2D eigenvalue weighted by molar-refractivity contribution is -0.114. The highest BCUT2D eigenvalue weighted by molar-refractivity contribution is 5.98. The quantitative estimate of drug-likeness (QED) is 0.576. The van der Waals surface area contributed by atoms with Crippen LogP contribution in [0.25, 0.3) is 0 Å². The van der Waals surface area contributed by atoms with Gasteiger partial charge in [-0.05, 0) is 42.2 Å². The molecule has 2 aromatic rings. The summed E-state index contributed by atoms with van der Waals surface area (Å²) in [6, 6.07) is 15.0. The number of carbonyl (C=O) groups excluding carboxylic acids is 2. The van der Waals surface area contributed by atoms with Crippen LogP contribution in [0.3, 0.4) is 0 Å². The van der Waals surface area contributed by atoms with Crippen molar-refractivity contribution in [3.05, 3.63) is 59.7 Å². The molecular weight excluding hydrogens is 338 g/mol. The zero-order valence-electron chi connectivity index (χ0n) is 16.3. The Bertz CT molecular complexity index is 772. The van der Waals surface area contributed by atoms with Gasteiger partial charge in [-0.3, -0.25) is 9.59 Å². The van der Waals surface area contributed by atoms with Gasteiger partial charge in [-0.2, -0.15) is 0 Å². The zero-order valence-corrected chi connectivity index (χ0v) is 16.3. The topological polar surface area (TPSA) is 70.2 Å². The lowest BCUT2D eigenvalue weighted by atomic mass is 10.0. The molecule has 5 heteroatoms. The van der Waals surface area contributed by atoms with Crippen molar-refractivity contribution in [2.24, 2.45) is 0 Å². The van der Waals surface area contributed by atoms with Crippen molar-refractivity contribution in [2.75, 3.05) is 23.7 Å². The molecule has 5 nitrogen and oxygen atoms in total. The van der Waals surface area contributed by atoms with Crippen molar-refractivity contribution >= 4 is 23.2 Å². The zero-order chi connectivity index (χ0) is 19.6. The Morgan fingerprint density at radius 1 is 1.04 bits per heavy atom. The van der Waals surface area contributed by atoms with E-state index in [0.29, 0.717) is 23.7 Å². The molecule has 0 atom stereocenters. The molecule has 0 aliphatic rings. The number of benzene rings is 2. The Morgan fingerprint density at radius 2 is 1.81 bits per heavy atom. The van der Waals surface area contributed by atoms with E-state index >= 15 is 0 Å². The van der Waals surface area contributed by atoms with Crippen molar-refractivity contribution in [2.45, 2.75) is 39.5 Å². The van der Waals surface area contributed by atoms with Crippen LogP contribution in [0.1, 0.15) is 55.5 Å². The van der Waals surface area contributed by atoms with Crippen molar-refractivity contribution in [3.63, 3.8) is 0 Å². The first-order valence-electron chi connectivity index (χ1n) is 9.52. The third kappa shape index (κ3) is 6.44. The Kier molecular flexibility index (Phi) is 7.86. The molecule has 2 aromatic carbocycles. The smallest absolute Gasteiger partial charge is 0.251 e. The van der Waals surface area contributed by atoms with Crippen molar-refractivity contribution in [3.8, 4) is 0 Å². The van der Waals surface area contributed by atoms with Gasteiger partial charge in [-0.15, -0.1) is 0 Å². The number of hydrogen-bond donors (Lipinski definition) is 3. The maximum absolute atomic E-state index is 12.3. The van der Waals surface area contributed by atoms with Gasteiger partial charge in [0.1, 0.15) is 0 Å². The molecule has 0 bridgehead atoms. The fourth-order valence-electron chi connectivity index (χ4n) is 2.76. The summed E-state index contributed by atoms with van der Waals surface area (Å²) >= 11 is 0. The minimum absolute atomic E-state index is 0.122. The standard InChI is InChI=1S/C22H29N3O2/c1-4-5-13-23-22(27)17-9-8-10-18(14-17)25-21(26)15-24-20-12-7-6-11-19(20)16(2)3/h6-12,14,16,24H,4-5,13,15H2,1-3H3,(H,23,27)(H,25,26). The molecule has 0 fully saturated rings. The maximum atomic E-state index is 12.3. The molecular formula is C22H29N3O2. The van der Waals surface area contributed by atoms with Gasteiger partial charge < -0.3 is 16.0 Å². The first kappa shape index (κ1) is 20.5. The molecule has 2 rings (SSSR count). The van der Waals surface area contributed by atoms with Gasteiger partial charge in [0.15, 0.2) is 0 Å². The lowest BCUT2D eigenvalue weighted by Crippen LogP contribution is -2.25. The molecule has 27 heavy (non-hydrogen) atoms. The number of carbonyl (C=O) groups is 2. The predicted molar refractivity (Wildman–Crippen MR) is 111 cm³/mol. The molecule has 2 amide bonds. The van der Waals surface area contributed by atoms with Crippen LogP contribution in [0, 0.1) is 0 Å². The fourth-order valence-corrected chi connectivity index (χ4v) is 2.76. The van der Waals surface area contributed by atoms with E-state index in [1.165, 1.54) is 5.56 Å². The SMILES string of the molecule is CCCCNC(=O)c1cccc(NC(=O)CNc2ccccc2C(C)C)c1. The summed E-state index contributed by atoms with van der Waals surface area (Å²) in [5.41, 5.74) is 3.30. The van der Waals surface area contributed by atoms with E-state index in [2.05, 4.69) is 42.8 Å². The average molecular weight is 367 g/mol. The minimum atomic E-state index is -0.155. The maximum Gasteiger partial charge on any atom is 0.251 e. The largest absolute Gasteiger partial charge is 0.376 e. The first-order valence-corrected chi connectivity index (χ1v) is 9.52. The van der Waals surface area contributed by atoms with E-state index in [1.54, 1.807) is 24.3 Å². The second kappa shape index (κ2) is 10.4. The van der Waals surface area contributed by atoms with E-state index in [-0.39, 0.29) is 18.4 Å². The number of anilines is 2. The van der Waals surface area contributed by atoms with E-state index in [1.807, 2.05) is 18.2 Å². The molecule has 144 valence electrons. The molecule has 0 saturated heterocycles. The van der Waals surface area contributed by atoms with E-state index in [0.717, 1.165) is 18.5 Å². The van der Waals surface area contributed by atoms with Crippen LogP contribution < -0.4 is 16.0 Å². The number of para-hydroxylation sites is 1. The van der Waals surface area contributed by atoms with Crippen LogP contribution in [-0.4, -0.2) is 24.9 Å². The molecule has 0 saturated carbocycles. The summed E-state index contributed by atoms with van der Waals surface area (Å²) in [6.07, 6.45) is 1.98. The van der Waals surface area contributed by atoms with Crippen LogP contribution in [0.15, 0.2) is 48.5 Å². The molecule has 0 spiro atoms. The summed E-state index contributed by atoms with van der Waals surface area (Å²) in [4.78, 5) is 24.4. The lowest BCUT2D eigenvalue weighted by Gasteiger charge is -2.14. The van der Waals surface area contributed by atoms with Crippen molar-refractivity contribution < 1.29 is 9.59 Å². The molecule has 0 heterocycles. The number of rotatable bonds is 9. The third-order valence-electron chi connectivity index (χ3n) is 4.25. The molecule has 3 N–H and O–H groups in total. The predicted octanol–water partition coefficient (Wildman–Crippen LogP) is 4.39. The van der Waals surface area contributed by atoms with Gasteiger partial charge in [0, 0.05) is 23.5 Å². The monoisotopic (exact) mass is 367 g/mol. The Balaban J connectivity index is 1.92. The van der Waals surface area contributed by atoms with Crippen LogP contribution in [-0.2, 0) is 4.79 Å². The van der Waals surface area contributed by atoms with Gasteiger partial charge in [-0.1, -0.05) is 51.5 Å². The Labute approximate surface area is 161 Å². The average Bonchev–Trinajstić information content (AvgIpc) is 2.67. The highest BCUT2D eigenvalue weighted by atomic mass is 16.2. The van der Waals surface area contributed by atoms with Crippen molar-refractivity contribution in [1.29, 1.82) is 0 Å². The number of hydrogen-bond acceptors (Lipinski definition) is 3. The number of unbranched alkanes of at least 4 members (excludes halogenated alkanes) is 1. The molecule has 0 aromatic heterocycles. The Morgan fingerprint density at radius 3 is 2.56 bits per heavy atom. The van der Waals surface area contributed by atoms with Gasteiger partial charge >= 0.3 is 0 Å². The van der Waals surface area contributed by atoms with E-state index in [9.17, 15) is 9.59 Å². The van der Waals surface area contributed by atoms with Gasteiger partial charge in [0.2, 0.25) is 5.91 Å². The number of nitrogens with one attached hydrogen (secondary N) is 3. The molecule has 0 radical (unpaired) electrons. The summed E-state index contributed by atoms with van der Waals surface area (Å²) in [5.74, 6) is 0.0975. The number of amides is 2. The molecule has 0 aliphatic heterocycles. The normalized spacial score (nSPS) is 10.5. The van der Waals surface area contributed by atoms with Crippen molar-refractivity contribution in [1.82, 2.24) is 5.32 Å². The molecule has 0 unspecified atom stereocenters. The van der Waals surface area contributed by atoms with Crippen LogP contribution >= 0.6 is 0 Å². The summed E-state index contributed by atoms with van der Waals surface area (Å²) in [7, 11) is 0. The summed E-state index contributed by atoms with van der Waals surface area (Å²) in [5, 5.41) is 8.92. The van der Waals surface area contributed by atoms with E-state index < -0.39 is 0 Å². The summed E-state index contributed by atoms with van der Waals surface area (Å²) in [6.45, 7) is 7.15. The van der Waals surface area contributed by atoms with Gasteiger partial charge in [-0.25, -0.2) is 0 Å². The van der Waals surface area contributed by atoms with Crippen LogP contribution in [0.2, 0.25) is 0 Å². The first-order chi connectivity index (χ1) is 13.0. The second-order valence-electron chi connectivity index (χ2n) is 6.83. The second-order valence-corrected chi connectivity index (χ2v) is 6.83. The minimum Gasteiger partial charge on any atom is -0.376 e. The fraction of sp³-hybridized carbons (Fsp3) is 0.364. The van der Waals surface area contributed by atoms with Gasteiger partial charge in [0.05, 0.1) is 6.54 Å². The Hall–Kier alpha value is -2.82. The third-order valence-corrected chi connectivity index (χ3v) is 4.25. The van der Waals surface area contributed by atoms with E-state index in [4.69, 9.17) is 0 Å². The highest BCUT2D eigenvalue weighted by Crippen LogP contribution is 2.23. The summed E-state index contributed by atoms with van der Waals surface area (Å²) < 4.78 is 0. The molecule has 0 aliphatic carbocycles. The highest BCUT2D eigenvalue weighted by Gasteiger charge is 2.09. The van der Waals surface area contributed by atoms with Crippen LogP contribution in [0.4, 0.5) is 11.4 Å².